The van der Waals surface area contributed by atoms with Gasteiger partial charge in [-0.1, -0.05) is 0 Å². The molecule has 0 fully saturated rings. The van der Waals surface area contributed by atoms with Gasteiger partial charge in [0.1, 0.15) is 11.7 Å². The molecule has 4 heterocycles. The van der Waals surface area contributed by atoms with E-state index in [1.165, 1.54) is 49.0 Å². The van der Waals surface area contributed by atoms with Crippen LogP contribution >= 0.6 is 0 Å². The van der Waals surface area contributed by atoms with E-state index >= 15 is 0 Å². The lowest BCUT2D eigenvalue weighted by Crippen LogP contribution is -2.40. The lowest BCUT2D eigenvalue weighted by molar-refractivity contribution is 0.643. The number of rotatable bonds is 2. The zero-order chi connectivity index (χ0) is 20.2. The first-order chi connectivity index (χ1) is 13.3. The van der Waals surface area contributed by atoms with Gasteiger partial charge in [0.2, 0.25) is 0 Å². The Morgan fingerprint density at radius 1 is 0.821 bits per heavy atom. The Bertz CT molecular complexity index is 1510. The van der Waals surface area contributed by atoms with Crippen molar-refractivity contribution in [1.82, 2.24) is 38.2 Å². The molecule has 0 aliphatic carbocycles. The number of hydrogen-bond donors (Lipinski definition) is 0. The first-order valence-electron chi connectivity index (χ1n) is 8.12. The van der Waals surface area contributed by atoms with E-state index in [1.54, 1.807) is 0 Å². The Balaban J connectivity index is 1.95. The quantitative estimate of drug-likeness (QED) is 0.383. The van der Waals surface area contributed by atoms with Crippen LogP contribution in [0.5, 0.6) is 0 Å². The van der Waals surface area contributed by atoms with Crippen LogP contribution in [0.15, 0.2) is 37.9 Å². The van der Waals surface area contributed by atoms with Gasteiger partial charge in [0.25, 0.3) is 11.1 Å². The summed E-state index contributed by atoms with van der Waals surface area (Å²) >= 11 is 0. The highest BCUT2D eigenvalue weighted by atomic mass is 16.2. The molecule has 0 unspecified atom stereocenters. The third-order valence-electron chi connectivity index (χ3n) is 4.52. The largest absolute Gasteiger partial charge is 0.332 e. The Morgan fingerprint density at radius 3 is 2.29 bits per heavy atom. The van der Waals surface area contributed by atoms with Crippen LogP contribution in [0.25, 0.3) is 22.2 Å². The van der Waals surface area contributed by atoms with Gasteiger partial charge in [-0.25, -0.2) is 29.5 Å². The van der Waals surface area contributed by atoms with E-state index in [0.717, 1.165) is 9.13 Å². The van der Waals surface area contributed by atoms with E-state index in [1.807, 2.05) is 0 Å². The van der Waals surface area contributed by atoms with Gasteiger partial charge in [0.15, 0.2) is 16.8 Å². The van der Waals surface area contributed by atoms with Crippen LogP contribution < -0.4 is 22.5 Å². The molecule has 142 valence electrons. The molecule has 28 heavy (non-hydrogen) atoms. The fourth-order valence-corrected chi connectivity index (χ4v) is 2.99. The molecule has 0 spiro atoms. The second kappa shape index (κ2) is 6.04. The summed E-state index contributed by atoms with van der Waals surface area (Å²) in [5.41, 5.74) is -1.78. The van der Waals surface area contributed by atoms with Gasteiger partial charge in [-0.3, -0.25) is 27.9 Å². The molecule has 0 radical (unpaired) electrons. The van der Waals surface area contributed by atoms with Gasteiger partial charge in [0.05, 0.1) is 18.4 Å². The SMILES string of the molecule is Cn1c(=O)c2nc(Cn3c(=O)c4cncnc4n(C)c3=O)cnc2n(C)c1=O. The fraction of sp³-hybridized carbons (Fsp3) is 0.250. The third kappa shape index (κ3) is 2.38. The van der Waals surface area contributed by atoms with Crippen LogP contribution in [-0.4, -0.2) is 38.2 Å². The van der Waals surface area contributed by atoms with E-state index in [2.05, 4.69) is 19.9 Å². The molecule has 0 aliphatic rings. The Labute approximate surface area is 155 Å². The van der Waals surface area contributed by atoms with Gasteiger partial charge in [-0.15, -0.1) is 0 Å². The lowest BCUT2D eigenvalue weighted by atomic mass is 10.3. The van der Waals surface area contributed by atoms with Crippen LogP contribution in [0.2, 0.25) is 0 Å². The molecule has 0 bridgehead atoms. The average molecular weight is 382 g/mol. The van der Waals surface area contributed by atoms with Crippen molar-refractivity contribution in [2.45, 2.75) is 6.54 Å². The predicted molar refractivity (Wildman–Crippen MR) is 98.2 cm³/mol. The predicted octanol–water partition coefficient (Wildman–Crippen LogP) is -2.12. The molecule has 0 saturated heterocycles. The van der Waals surface area contributed by atoms with E-state index in [9.17, 15) is 19.2 Å². The minimum atomic E-state index is -0.611. The van der Waals surface area contributed by atoms with Crippen molar-refractivity contribution < 1.29 is 0 Å². The Kier molecular flexibility index (Phi) is 3.77. The second-order valence-electron chi connectivity index (χ2n) is 6.23. The molecule has 12 nitrogen and oxygen atoms in total. The van der Waals surface area contributed by atoms with Gasteiger partial charge < -0.3 is 0 Å². The summed E-state index contributed by atoms with van der Waals surface area (Å²) in [5.74, 6) is 0. The number of aromatic nitrogens is 8. The first-order valence-corrected chi connectivity index (χ1v) is 8.12. The molecular formula is C16H14N8O4. The molecule has 12 heteroatoms. The zero-order valence-electron chi connectivity index (χ0n) is 15.1. The van der Waals surface area contributed by atoms with Crippen molar-refractivity contribution in [2.75, 3.05) is 0 Å². The summed E-state index contributed by atoms with van der Waals surface area (Å²) in [6.07, 6.45) is 3.90. The molecule has 4 aromatic rings. The van der Waals surface area contributed by atoms with Crippen LogP contribution in [0.1, 0.15) is 5.69 Å². The number of fused-ring (bicyclic) bond motifs is 2. The van der Waals surface area contributed by atoms with E-state index in [0.29, 0.717) is 0 Å². The van der Waals surface area contributed by atoms with Crippen LogP contribution in [0.4, 0.5) is 0 Å². The molecule has 0 N–H and O–H groups in total. The minimum Gasteiger partial charge on any atom is -0.280 e. The highest BCUT2D eigenvalue weighted by Gasteiger charge is 2.15. The van der Waals surface area contributed by atoms with Crippen LogP contribution in [0, 0.1) is 0 Å². The van der Waals surface area contributed by atoms with Crippen molar-refractivity contribution in [1.29, 1.82) is 0 Å². The fourth-order valence-electron chi connectivity index (χ4n) is 2.99. The van der Waals surface area contributed by atoms with Crippen LogP contribution in [-0.2, 0) is 27.7 Å². The van der Waals surface area contributed by atoms with Crippen molar-refractivity contribution in [3.05, 3.63) is 66.1 Å². The third-order valence-corrected chi connectivity index (χ3v) is 4.52. The summed E-state index contributed by atoms with van der Waals surface area (Å²) in [7, 11) is 4.30. The number of hydrogen-bond acceptors (Lipinski definition) is 8. The highest BCUT2D eigenvalue weighted by molar-refractivity contribution is 5.72. The minimum absolute atomic E-state index is 0.0314. The molecule has 0 aromatic carbocycles. The van der Waals surface area contributed by atoms with Gasteiger partial charge in [-0.2, -0.15) is 0 Å². The summed E-state index contributed by atoms with van der Waals surface area (Å²) in [6.45, 7) is -0.203. The monoisotopic (exact) mass is 382 g/mol. The van der Waals surface area contributed by atoms with E-state index in [-0.39, 0.29) is 34.4 Å². The van der Waals surface area contributed by atoms with Crippen molar-refractivity contribution in [3.8, 4) is 0 Å². The summed E-state index contributed by atoms with van der Waals surface area (Å²) in [4.78, 5) is 65.8. The normalized spacial score (nSPS) is 11.4. The first kappa shape index (κ1) is 17.5. The Hall–Kier alpha value is -3.96. The smallest absolute Gasteiger partial charge is 0.280 e. The summed E-state index contributed by atoms with van der Waals surface area (Å²) < 4.78 is 4.31. The van der Waals surface area contributed by atoms with E-state index in [4.69, 9.17) is 0 Å². The molecule has 4 aromatic heterocycles. The molecule has 0 saturated carbocycles. The highest BCUT2D eigenvalue weighted by Crippen LogP contribution is 2.04. The Morgan fingerprint density at radius 2 is 1.54 bits per heavy atom. The topological polar surface area (TPSA) is 140 Å². The van der Waals surface area contributed by atoms with Gasteiger partial charge in [-0.05, 0) is 0 Å². The molecule has 4 rings (SSSR count). The maximum Gasteiger partial charge on any atom is 0.332 e. The molecule has 0 aliphatic heterocycles. The van der Waals surface area contributed by atoms with Crippen molar-refractivity contribution >= 4 is 22.2 Å². The maximum absolute atomic E-state index is 12.7. The second-order valence-corrected chi connectivity index (χ2v) is 6.23. The summed E-state index contributed by atoms with van der Waals surface area (Å²) in [6, 6.07) is 0. The zero-order valence-corrected chi connectivity index (χ0v) is 15.1. The van der Waals surface area contributed by atoms with Gasteiger partial charge >= 0.3 is 11.4 Å². The average Bonchev–Trinajstić information content (AvgIpc) is 2.72. The van der Waals surface area contributed by atoms with E-state index < -0.39 is 22.5 Å². The lowest BCUT2D eigenvalue weighted by Gasteiger charge is -2.10. The summed E-state index contributed by atoms with van der Waals surface area (Å²) in [5, 5.41) is 0.177. The van der Waals surface area contributed by atoms with Crippen LogP contribution in [0.3, 0.4) is 0 Å². The van der Waals surface area contributed by atoms with Crippen molar-refractivity contribution in [3.63, 3.8) is 0 Å². The maximum atomic E-state index is 12.7. The van der Waals surface area contributed by atoms with Gasteiger partial charge in [0, 0.05) is 27.3 Å². The van der Waals surface area contributed by atoms with Crippen molar-refractivity contribution in [2.24, 2.45) is 21.1 Å². The molecular weight excluding hydrogens is 368 g/mol. The molecule has 0 amide bonds. The standard InChI is InChI=1S/C16H14N8O4/c1-21-11-9(5-17-7-19-11)13(25)24(16(21)28)6-8-4-18-12-10(20-8)14(26)23(3)15(27)22(12)2/h4-5,7H,6H2,1-3H3. The number of nitrogens with zero attached hydrogens (tertiary/aromatic N) is 8. The number of aryl methyl sites for hydroxylation is 2. The molecule has 0 atom stereocenters.